The standard InChI is InChI=1S/C22H27ClN2O.ClH/c23-21-14-19(22(24)26)9-10-20(21)18-8-4-7-17(13-18)15-25-12-11-16-5-2-1-3-6-16;/h4,7-10,13-14,16,25H,1-3,5-6,11-12,15H2,(H2,24,26);1H. The molecule has 3 nitrogen and oxygen atoms in total. The normalized spacial score (nSPS) is 14.6. The minimum absolute atomic E-state index is 0. The zero-order valence-corrected chi connectivity index (χ0v) is 17.1. The second-order valence-electron chi connectivity index (χ2n) is 7.23. The minimum Gasteiger partial charge on any atom is -0.366 e. The van der Waals surface area contributed by atoms with Crippen molar-refractivity contribution in [1.82, 2.24) is 5.32 Å². The highest BCUT2D eigenvalue weighted by Gasteiger charge is 2.12. The molecule has 1 aliphatic carbocycles. The molecule has 27 heavy (non-hydrogen) atoms. The summed E-state index contributed by atoms with van der Waals surface area (Å²) in [7, 11) is 0. The van der Waals surface area contributed by atoms with Gasteiger partial charge in [-0.1, -0.05) is 68.0 Å². The van der Waals surface area contributed by atoms with Gasteiger partial charge in [-0.2, -0.15) is 0 Å². The molecule has 5 heteroatoms. The number of benzene rings is 2. The molecule has 2 aromatic rings. The molecule has 0 bridgehead atoms. The van der Waals surface area contributed by atoms with Gasteiger partial charge in [0.2, 0.25) is 5.91 Å². The van der Waals surface area contributed by atoms with Gasteiger partial charge in [-0.15, -0.1) is 12.4 Å². The average Bonchev–Trinajstić information content (AvgIpc) is 2.66. The van der Waals surface area contributed by atoms with Crippen molar-refractivity contribution in [3.05, 3.63) is 58.6 Å². The number of primary amides is 1. The highest BCUT2D eigenvalue weighted by atomic mass is 35.5. The fourth-order valence-electron chi connectivity index (χ4n) is 3.77. The Bertz CT molecular complexity index is 758. The van der Waals surface area contributed by atoms with Crippen molar-refractivity contribution in [2.75, 3.05) is 6.54 Å². The third kappa shape index (κ3) is 6.24. The summed E-state index contributed by atoms with van der Waals surface area (Å²) in [5, 5.41) is 4.12. The van der Waals surface area contributed by atoms with Crippen LogP contribution in [-0.4, -0.2) is 12.5 Å². The van der Waals surface area contributed by atoms with Gasteiger partial charge in [0.15, 0.2) is 0 Å². The van der Waals surface area contributed by atoms with Crippen LogP contribution in [-0.2, 0) is 6.54 Å². The summed E-state index contributed by atoms with van der Waals surface area (Å²) < 4.78 is 0. The summed E-state index contributed by atoms with van der Waals surface area (Å²) in [4.78, 5) is 11.3. The molecule has 3 rings (SSSR count). The summed E-state index contributed by atoms with van der Waals surface area (Å²) in [6.07, 6.45) is 8.30. The lowest BCUT2D eigenvalue weighted by molar-refractivity contribution is 0.100. The van der Waals surface area contributed by atoms with Gasteiger partial charge in [0.1, 0.15) is 0 Å². The topological polar surface area (TPSA) is 55.1 Å². The minimum atomic E-state index is -0.464. The first-order valence-corrected chi connectivity index (χ1v) is 9.90. The monoisotopic (exact) mass is 406 g/mol. The predicted octanol–water partition coefficient (Wildman–Crippen LogP) is 5.59. The molecule has 0 heterocycles. The molecule has 0 unspecified atom stereocenters. The number of carbonyl (C=O) groups is 1. The van der Waals surface area contributed by atoms with E-state index in [0.29, 0.717) is 10.6 Å². The number of rotatable bonds is 7. The van der Waals surface area contributed by atoms with E-state index in [1.165, 1.54) is 44.1 Å². The first kappa shape index (κ1) is 21.7. The van der Waals surface area contributed by atoms with Gasteiger partial charge in [0.25, 0.3) is 0 Å². The Labute approximate surface area is 173 Å². The first-order valence-electron chi connectivity index (χ1n) is 9.53. The third-order valence-electron chi connectivity index (χ3n) is 5.27. The van der Waals surface area contributed by atoms with E-state index >= 15 is 0 Å². The molecule has 3 N–H and O–H groups in total. The Morgan fingerprint density at radius 1 is 1.11 bits per heavy atom. The van der Waals surface area contributed by atoms with Crippen molar-refractivity contribution < 1.29 is 4.79 Å². The van der Waals surface area contributed by atoms with E-state index in [4.69, 9.17) is 17.3 Å². The summed E-state index contributed by atoms with van der Waals surface area (Å²) in [5.41, 5.74) is 8.95. The number of carbonyl (C=O) groups excluding carboxylic acids is 1. The van der Waals surface area contributed by atoms with Gasteiger partial charge < -0.3 is 11.1 Å². The molecule has 1 saturated carbocycles. The van der Waals surface area contributed by atoms with Crippen LogP contribution in [0, 0.1) is 5.92 Å². The molecular weight excluding hydrogens is 379 g/mol. The van der Waals surface area contributed by atoms with E-state index in [9.17, 15) is 4.79 Å². The third-order valence-corrected chi connectivity index (χ3v) is 5.59. The molecule has 1 fully saturated rings. The molecule has 2 aromatic carbocycles. The number of nitrogens with two attached hydrogens (primary N) is 1. The van der Waals surface area contributed by atoms with Gasteiger partial charge in [0, 0.05) is 22.7 Å². The number of amides is 1. The van der Waals surface area contributed by atoms with Crippen molar-refractivity contribution >= 4 is 29.9 Å². The van der Waals surface area contributed by atoms with Crippen molar-refractivity contribution in [3.8, 4) is 11.1 Å². The van der Waals surface area contributed by atoms with Gasteiger partial charge in [0.05, 0.1) is 0 Å². The average molecular weight is 407 g/mol. The van der Waals surface area contributed by atoms with Gasteiger partial charge in [-0.3, -0.25) is 4.79 Å². The Morgan fingerprint density at radius 3 is 2.59 bits per heavy atom. The highest BCUT2D eigenvalue weighted by molar-refractivity contribution is 6.33. The molecule has 1 aliphatic rings. The smallest absolute Gasteiger partial charge is 0.248 e. The van der Waals surface area contributed by atoms with Gasteiger partial charge >= 0.3 is 0 Å². The van der Waals surface area contributed by atoms with Crippen LogP contribution in [0.25, 0.3) is 11.1 Å². The zero-order valence-electron chi connectivity index (χ0n) is 15.5. The van der Waals surface area contributed by atoms with Crippen LogP contribution in [0.1, 0.15) is 54.4 Å². The zero-order chi connectivity index (χ0) is 18.4. The van der Waals surface area contributed by atoms with E-state index in [0.717, 1.165) is 30.1 Å². The number of nitrogens with one attached hydrogen (secondary N) is 1. The Kier molecular flexibility index (Phi) is 8.62. The maximum Gasteiger partial charge on any atom is 0.248 e. The van der Waals surface area contributed by atoms with Gasteiger partial charge in [-0.25, -0.2) is 0 Å². The molecule has 0 atom stereocenters. The lowest BCUT2D eigenvalue weighted by Gasteiger charge is -2.21. The second-order valence-corrected chi connectivity index (χ2v) is 7.64. The number of hydrogen-bond donors (Lipinski definition) is 2. The molecule has 0 saturated heterocycles. The van der Waals surface area contributed by atoms with Gasteiger partial charge in [-0.05, 0) is 48.2 Å². The fraction of sp³-hybridized carbons (Fsp3) is 0.409. The van der Waals surface area contributed by atoms with E-state index < -0.39 is 5.91 Å². The Morgan fingerprint density at radius 2 is 1.89 bits per heavy atom. The summed E-state index contributed by atoms with van der Waals surface area (Å²) in [6.45, 7) is 1.93. The van der Waals surface area contributed by atoms with Crippen LogP contribution in [0.5, 0.6) is 0 Å². The van der Waals surface area contributed by atoms with E-state index in [1.807, 2.05) is 18.2 Å². The maximum absolute atomic E-state index is 11.3. The molecule has 1 amide bonds. The quantitative estimate of drug-likeness (QED) is 0.588. The van der Waals surface area contributed by atoms with E-state index in [-0.39, 0.29) is 12.4 Å². The number of halogens is 2. The maximum atomic E-state index is 11.3. The van der Waals surface area contributed by atoms with Crippen LogP contribution >= 0.6 is 24.0 Å². The van der Waals surface area contributed by atoms with E-state index in [2.05, 4.69) is 17.4 Å². The summed E-state index contributed by atoms with van der Waals surface area (Å²) in [6, 6.07) is 13.6. The van der Waals surface area contributed by atoms with Crippen LogP contribution < -0.4 is 11.1 Å². The molecule has 0 spiro atoms. The predicted molar refractivity (Wildman–Crippen MR) is 116 cm³/mol. The Balaban J connectivity index is 0.00000261. The van der Waals surface area contributed by atoms with E-state index in [1.54, 1.807) is 12.1 Å². The molecule has 0 radical (unpaired) electrons. The first-order chi connectivity index (χ1) is 12.6. The van der Waals surface area contributed by atoms with Crippen molar-refractivity contribution in [2.24, 2.45) is 11.7 Å². The molecule has 0 aliphatic heterocycles. The van der Waals surface area contributed by atoms with Crippen LogP contribution in [0.2, 0.25) is 5.02 Å². The van der Waals surface area contributed by atoms with Crippen LogP contribution in [0.4, 0.5) is 0 Å². The highest BCUT2D eigenvalue weighted by Crippen LogP contribution is 2.29. The largest absolute Gasteiger partial charge is 0.366 e. The SMILES string of the molecule is Cl.NC(=O)c1ccc(-c2cccc(CNCCC3CCCCC3)c2)c(Cl)c1. The second kappa shape index (κ2) is 10.7. The van der Waals surface area contributed by atoms with Crippen molar-refractivity contribution in [1.29, 1.82) is 0 Å². The van der Waals surface area contributed by atoms with Crippen LogP contribution in [0.15, 0.2) is 42.5 Å². The molecular formula is C22H28Cl2N2O. The summed E-state index contributed by atoms with van der Waals surface area (Å²) in [5.74, 6) is 0.444. The molecule has 146 valence electrons. The van der Waals surface area contributed by atoms with Crippen LogP contribution in [0.3, 0.4) is 0 Å². The Hall–Kier alpha value is -1.55. The lowest BCUT2D eigenvalue weighted by atomic mass is 9.87. The van der Waals surface area contributed by atoms with Crippen molar-refractivity contribution in [2.45, 2.75) is 45.1 Å². The molecule has 0 aromatic heterocycles. The summed E-state index contributed by atoms with van der Waals surface area (Å²) >= 11 is 6.35. The number of hydrogen-bond acceptors (Lipinski definition) is 2. The fourth-order valence-corrected chi connectivity index (χ4v) is 4.06. The van der Waals surface area contributed by atoms with Crippen molar-refractivity contribution in [3.63, 3.8) is 0 Å². The lowest BCUT2D eigenvalue weighted by Crippen LogP contribution is -2.19.